The maximum atomic E-state index is 13.5. The lowest BCUT2D eigenvalue weighted by Gasteiger charge is -2.19. The summed E-state index contributed by atoms with van der Waals surface area (Å²) in [6.07, 6.45) is 3.39. The molecule has 190 valence electrons. The molecule has 1 aliphatic rings. The second kappa shape index (κ2) is 11.0. The highest BCUT2D eigenvalue weighted by Crippen LogP contribution is 2.34. The molecule has 1 aliphatic heterocycles. The van der Waals surface area contributed by atoms with Gasteiger partial charge in [0.05, 0.1) is 17.3 Å². The van der Waals surface area contributed by atoms with Gasteiger partial charge in [-0.15, -0.1) is 0 Å². The minimum absolute atomic E-state index is 0.249. The highest BCUT2D eigenvalue weighted by atomic mass is 79.9. The van der Waals surface area contributed by atoms with Gasteiger partial charge < -0.3 is 14.9 Å². The lowest BCUT2D eigenvalue weighted by atomic mass is 9.92. The molecule has 0 spiro atoms. The topological polar surface area (TPSA) is 106 Å². The van der Waals surface area contributed by atoms with Crippen LogP contribution in [0, 0.1) is 0 Å². The van der Waals surface area contributed by atoms with E-state index < -0.39 is 24.3 Å². The number of pyridine rings is 1. The van der Waals surface area contributed by atoms with E-state index in [2.05, 4.69) is 26.0 Å². The number of hydrogen-bond acceptors (Lipinski definition) is 5. The molecule has 8 heteroatoms. The van der Waals surface area contributed by atoms with Crippen molar-refractivity contribution in [2.24, 2.45) is 5.10 Å². The molecule has 38 heavy (non-hydrogen) atoms. The van der Waals surface area contributed by atoms with E-state index in [0.29, 0.717) is 23.2 Å². The van der Waals surface area contributed by atoms with Crippen LogP contribution >= 0.6 is 15.9 Å². The average molecular weight is 569 g/mol. The molecule has 0 unspecified atom stereocenters. The van der Waals surface area contributed by atoms with E-state index >= 15 is 0 Å². The monoisotopic (exact) mass is 568 g/mol. The summed E-state index contributed by atoms with van der Waals surface area (Å²) < 4.78 is 0.858. The average Bonchev–Trinajstić information content (AvgIpc) is 3.35. The predicted octanol–water partition coefficient (Wildman–Crippen LogP) is 4.51. The first-order valence-electron chi connectivity index (χ1n) is 12.1. The summed E-state index contributed by atoms with van der Waals surface area (Å²) >= 11 is 3.54. The second-order valence-corrected chi connectivity index (χ2v) is 9.87. The maximum absolute atomic E-state index is 13.5. The number of hydrogen-bond donors (Lipinski definition) is 1. The van der Waals surface area contributed by atoms with Crippen LogP contribution in [0.15, 0.2) is 99.3 Å². The molecule has 5 rings (SSSR count). The van der Waals surface area contributed by atoms with Crippen molar-refractivity contribution in [1.29, 1.82) is 0 Å². The molecule has 3 aromatic carbocycles. The molecule has 0 saturated carbocycles. The lowest BCUT2D eigenvalue weighted by Crippen LogP contribution is -2.33. The largest absolute Gasteiger partial charge is 0.550 e. The van der Waals surface area contributed by atoms with Crippen molar-refractivity contribution in [2.45, 2.75) is 25.3 Å². The summed E-state index contributed by atoms with van der Waals surface area (Å²) in [4.78, 5) is 40.5. The molecule has 4 aromatic rings. The van der Waals surface area contributed by atoms with Gasteiger partial charge in [-0.2, -0.15) is 5.10 Å². The van der Waals surface area contributed by atoms with Crippen molar-refractivity contribution in [3.63, 3.8) is 0 Å². The lowest BCUT2D eigenvalue weighted by molar-refractivity contribution is -0.305. The van der Waals surface area contributed by atoms with Crippen LogP contribution < -0.4 is 10.7 Å². The molecule has 1 aromatic heterocycles. The van der Waals surface area contributed by atoms with Gasteiger partial charge in [-0.3, -0.25) is 9.59 Å². The summed E-state index contributed by atoms with van der Waals surface area (Å²) in [6.45, 7) is 0. The van der Waals surface area contributed by atoms with E-state index in [-0.39, 0.29) is 12.0 Å². The number of H-pyrrole nitrogens is 1. The molecule has 0 saturated heterocycles. The van der Waals surface area contributed by atoms with Gasteiger partial charge in [-0.05, 0) is 35.7 Å². The van der Waals surface area contributed by atoms with Crippen LogP contribution in [0.4, 0.5) is 0 Å². The van der Waals surface area contributed by atoms with Crippen LogP contribution in [0.3, 0.4) is 0 Å². The fourth-order valence-electron chi connectivity index (χ4n) is 4.63. The van der Waals surface area contributed by atoms with E-state index in [4.69, 9.17) is 0 Å². The van der Waals surface area contributed by atoms with Gasteiger partial charge in [0.15, 0.2) is 0 Å². The summed E-state index contributed by atoms with van der Waals surface area (Å²) in [7, 11) is 0. The molecular weight excluding hydrogens is 546 g/mol. The summed E-state index contributed by atoms with van der Waals surface area (Å²) in [5.74, 6) is -1.76. The smallest absolute Gasteiger partial charge is 0.258 e. The second-order valence-electron chi connectivity index (χ2n) is 8.96. The number of carboxylic acid groups (broad SMARTS) is 1. The van der Waals surface area contributed by atoms with Gasteiger partial charge in [0.25, 0.3) is 5.56 Å². The Morgan fingerprint density at radius 1 is 1.00 bits per heavy atom. The van der Waals surface area contributed by atoms with E-state index in [9.17, 15) is 19.5 Å². The number of aromatic nitrogens is 1. The number of aliphatic carboxylic acids is 1. The van der Waals surface area contributed by atoms with E-state index in [1.165, 1.54) is 5.01 Å². The maximum Gasteiger partial charge on any atom is 0.258 e. The van der Waals surface area contributed by atoms with Crippen molar-refractivity contribution >= 4 is 50.5 Å². The molecule has 2 heterocycles. The minimum atomic E-state index is -1.30. The molecule has 1 N–H and O–H groups in total. The van der Waals surface area contributed by atoms with Crippen LogP contribution in [-0.2, 0) is 9.59 Å². The van der Waals surface area contributed by atoms with Gasteiger partial charge in [0.2, 0.25) is 5.91 Å². The number of carboxylic acids is 1. The van der Waals surface area contributed by atoms with Crippen molar-refractivity contribution < 1.29 is 14.7 Å². The van der Waals surface area contributed by atoms with Crippen LogP contribution in [0.25, 0.3) is 28.1 Å². The van der Waals surface area contributed by atoms with Gasteiger partial charge in [-0.1, -0.05) is 88.7 Å². The highest BCUT2D eigenvalue weighted by molar-refractivity contribution is 9.10. The third-order valence-electron chi connectivity index (χ3n) is 6.38. The first-order valence-corrected chi connectivity index (χ1v) is 12.9. The SMILES string of the molecule is O=C([O-])CCC(=O)N1N=C(c2c(-c3ccccc3)c3cc(Br)ccc3[nH]c2=O)C[C@@H]1/C=C/c1ccccc1. The normalized spacial score (nSPS) is 15.2. The quantitative estimate of drug-likeness (QED) is 0.354. The molecule has 1 atom stereocenters. The third kappa shape index (κ3) is 5.35. The molecule has 0 aliphatic carbocycles. The number of aromatic amines is 1. The summed E-state index contributed by atoms with van der Waals surface area (Å²) in [6, 6.07) is 24.4. The first-order chi connectivity index (χ1) is 18.4. The number of carbonyl (C=O) groups is 2. The number of hydrazone groups is 1. The molecule has 0 fully saturated rings. The van der Waals surface area contributed by atoms with E-state index in [1.54, 1.807) is 0 Å². The Kier molecular flexibility index (Phi) is 7.33. The number of nitrogens with zero attached hydrogens (tertiary/aromatic N) is 2. The van der Waals surface area contributed by atoms with Gasteiger partial charge in [0, 0.05) is 39.8 Å². The number of carbonyl (C=O) groups excluding carboxylic acids is 2. The van der Waals surface area contributed by atoms with E-state index in [0.717, 1.165) is 26.5 Å². The molecule has 0 bridgehead atoms. The number of halogens is 1. The third-order valence-corrected chi connectivity index (χ3v) is 6.87. The van der Waals surface area contributed by atoms with Crippen molar-refractivity contribution in [1.82, 2.24) is 9.99 Å². The van der Waals surface area contributed by atoms with Crippen LogP contribution in [0.2, 0.25) is 0 Å². The fraction of sp³-hybridized carbons (Fsp3) is 0.133. The van der Waals surface area contributed by atoms with Gasteiger partial charge in [0.1, 0.15) is 0 Å². The van der Waals surface area contributed by atoms with Gasteiger partial charge in [-0.25, -0.2) is 5.01 Å². The number of nitrogens with one attached hydrogen (secondary N) is 1. The van der Waals surface area contributed by atoms with Crippen LogP contribution in [0.1, 0.15) is 30.4 Å². The minimum Gasteiger partial charge on any atom is -0.550 e. The van der Waals surface area contributed by atoms with Crippen molar-refractivity contribution in [2.75, 3.05) is 0 Å². The zero-order valence-electron chi connectivity index (χ0n) is 20.3. The molecule has 1 amide bonds. The molecular formula is C30H23BrN3O4-. The Bertz CT molecular complexity index is 1630. The Morgan fingerprint density at radius 2 is 1.71 bits per heavy atom. The molecule has 0 radical (unpaired) electrons. The number of fused-ring (bicyclic) bond motifs is 1. The fourth-order valence-corrected chi connectivity index (χ4v) is 4.99. The van der Waals surface area contributed by atoms with Crippen molar-refractivity contribution in [3.8, 4) is 11.1 Å². The standard InChI is InChI=1S/C30H24BrN3O4/c31-21-12-14-24-23(17-21)28(20-9-5-2-6-10-20)29(30(38)32-24)25-18-22(13-11-19-7-3-1-4-8-19)34(33-25)26(35)15-16-27(36)37/h1-14,17,22H,15-16,18H2,(H,32,38)(H,36,37)/p-1/b13-11+/t22-/m0/s1. The Morgan fingerprint density at radius 3 is 2.42 bits per heavy atom. The van der Waals surface area contributed by atoms with E-state index in [1.807, 2.05) is 91.0 Å². The predicted molar refractivity (Wildman–Crippen MR) is 149 cm³/mol. The molecule has 7 nitrogen and oxygen atoms in total. The Hall–Kier alpha value is -4.30. The zero-order valence-corrected chi connectivity index (χ0v) is 21.9. The van der Waals surface area contributed by atoms with Crippen LogP contribution in [0.5, 0.6) is 0 Å². The Labute approximate surface area is 227 Å². The van der Waals surface area contributed by atoms with Gasteiger partial charge >= 0.3 is 0 Å². The number of rotatable bonds is 7. The summed E-state index contributed by atoms with van der Waals surface area (Å²) in [5, 5.41) is 17.7. The number of benzene rings is 3. The highest BCUT2D eigenvalue weighted by Gasteiger charge is 2.33. The van der Waals surface area contributed by atoms with Crippen molar-refractivity contribution in [3.05, 3.63) is 111 Å². The Balaban J connectivity index is 1.64. The first kappa shape index (κ1) is 25.4. The number of amides is 1. The van der Waals surface area contributed by atoms with Crippen LogP contribution in [-0.4, -0.2) is 33.6 Å². The zero-order chi connectivity index (χ0) is 26.6. The summed E-state index contributed by atoms with van der Waals surface area (Å²) in [5.41, 5.74) is 3.72.